The van der Waals surface area contributed by atoms with Crippen molar-refractivity contribution in [2.75, 3.05) is 6.54 Å². The zero-order valence-electron chi connectivity index (χ0n) is 12.3. The van der Waals surface area contributed by atoms with Gasteiger partial charge in [0.05, 0.1) is 21.2 Å². The summed E-state index contributed by atoms with van der Waals surface area (Å²) >= 11 is 1.54. The lowest BCUT2D eigenvalue weighted by Crippen LogP contribution is -2.60. The quantitative estimate of drug-likeness (QED) is 0.838. The number of nitrogens with one attached hydrogen (secondary N) is 2. The van der Waals surface area contributed by atoms with Crippen molar-refractivity contribution in [1.82, 2.24) is 15.6 Å². The second-order valence-electron chi connectivity index (χ2n) is 6.98. The molecule has 2 aromatic heterocycles. The van der Waals surface area contributed by atoms with E-state index in [1.54, 1.807) is 6.20 Å². The van der Waals surface area contributed by atoms with Gasteiger partial charge in [0.25, 0.3) is 5.91 Å². The van der Waals surface area contributed by atoms with E-state index in [-0.39, 0.29) is 11.4 Å². The van der Waals surface area contributed by atoms with Gasteiger partial charge in [-0.25, -0.2) is 0 Å². The average Bonchev–Trinajstić information content (AvgIpc) is 3.20. The van der Waals surface area contributed by atoms with Crippen LogP contribution in [0.3, 0.4) is 0 Å². The average molecular weight is 313 g/mol. The van der Waals surface area contributed by atoms with Gasteiger partial charge >= 0.3 is 0 Å². The Morgan fingerprint density at radius 2 is 2.18 bits per heavy atom. The Morgan fingerprint density at radius 1 is 1.36 bits per heavy atom. The van der Waals surface area contributed by atoms with Gasteiger partial charge in [-0.2, -0.15) is 0 Å². The number of nitrogens with zero attached hydrogens (tertiary/aromatic N) is 1. The molecule has 3 saturated carbocycles. The van der Waals surface area contributed by atoms with Crippen LogP contribution in [0.2, 0.25) is 0 Å². The highest BCUT2D eigenvalue weighted by molar-refractivity contribution is 7.20. The van der Waals surface area contributed by atoms with Crippen molar-refractivity contribution in [2.45, 2.75) is 37.3 Å². The lowest BCUT2D eigenvalue weighted by Gasteiger charge is -2.48. The summed E-state index contributed by atoms with van der Waals surface area (Å²) in [7, 11) is 0. The zero-order valence-corrected chi connectivity index (χ0v) is 13.2. The highest BCUT2D eigenvalue weighted by atomic mass is 32.1. The second kappa shape index (κ2) is 4.52. The van der Waals surface area contributed by atoms with Crippen LogP contribution in [-0.4, -0.2) is 29.0 Å². The maximum absolute atomic E-state index is 12.7. The lowest BCUT2D eigenvalue weighted by atomic mass is 9.61. The minimum Gasteiger partial charge on any atom is -0.346 e. The van der Waals surface area contributed by atoms with E-state index in [0.29, 0.717) is 12.0 Å². The SMILES string of the molecule is O=C(NC1C2CCC(CC2)[C@@]12CN2)c1cc2ccncc2s1. The van der Waals surface area contributed by atoms with Crippen molar-refractivity contribution >= 4 is 27.3 Å². The standard InChI is InChI=1S/C17H19N3OS/c21-16(13-7-11-5-6-18-8-14(11)22-13)20-15-10-1-3-12(4-2-10)17(15)9-19-17/h5-8,10,12,15,19H,1-4,9H2,(H,20,21)/t10?,12?,15?,17-/m0/s1. The first-order chi connectivity index (χ1) is 10.8. The Kier molecular flexibility index (Phi) is 2.68. The number of thiophene rings is 1. The van der Waals surface area contributed by atoms with Crippen molar-refractivity contribution in [3.63, 3.8) is 0 Å². The summed E-state index contributed by atoms with van der Waals surface area (Å²) in [5.74, 6) is 1.50. The minimum absolute atomic E-state index is 0.0897. The Hall–Kier alpha value is -1.46. The third kappa shape index (κ3) is 1.78. The molecule has 0 aromatic carbocycles. The third-order valence-corrected chi connectivity index (χ3v) is 7.03. The summed E-state index contributed by atoms with van der Waals surface area (Å²) in [6.45, 7) is 1.08. The van der Waals surface area contributed by atoms with Crippen molar-refractivity contribution in [3.8, 4) is 0 Å². The molecule has 2 N–H and O–H groups in total. The number of hydrogen-bond donors (Lipinski definition) is 2. The molecule has 1 amide bonds. The van der Waals surface area contributed by atoms with Gasteiger partial charge in [-0.15, -0.1) is 11.3 Å². The van der Waals surface area contributed by atoms with Gasteiger partial charge in [0.1, 0.15) is 0 Å². The van der Waals surface area contributed by atoms with E-state index in [2.05, 4.69) is 15.6 Å². The van der Waals surface area contributed by atoms with E-state index < -0.39 is 0 Å². The fraction of sp³-hybridized carbons (Fsp3) is 0.529. The van der Waals surface area contributed by atoms with Crippen LogP contribution in [0.25, 0.3) is 10.1 Å². The monoisotopic (exact) mass is 313 g/mol. The summed E-state index contributed by atoms with van der Waals surface area (Å²) in [6, 6.07) is 4.27. The van der Waals surface area contributed by atoms with Crippen LogP contribution in [0.5, 0.6) is 0 Å². The molecule has 0 radical (unpaired) electrons. The Bertz CT molecular complexity index is 710. The molecule has 4 nitrogen and oxygen atoms in total. The van der Waals surface area contributed by atoms with Gasteiger partial charge in [-0.3, -0.25) is 9.78 Å². The third-order valence-electron chi connectivity index (χ3n) is 5.95. The molecule has 4 fully saturated rings. The number of amides is 1. The van der Waals surface area contributed by atoms with Gasteiger partial charge in [0.2, 0.25) is 0 Å². The van der Waals surface area contributed by atoms with E-state index in [9.17, 15) is 4.79 Å². The van der Waals surface area contributed by atoms with Gasteiger partial charge in [-0.05, 0) is 55.0 Å². The zero-order chi connectivity index (χ0) is 14.7. The van der Waals surface area contributed by atoms with Crippen LogP contribution in [0, 0.1) is 11.8 Å². The van der Waals surface area contributed by atoms with Crippen LogP contribution >= 0.6 is 11.3 Å². The van der Waals surface area contributed by atoms with Crippen LogP contribution in [0.4, 0.5) is 0 Å². The molecule has 3 aliphatic carbocycles. The maximum atomic E-state index is 12.7. The number of hydrogen-bond acceptors (Lipinski definition) is 4. The normalized spacial score (nSPS) is 35.9. The fourth-order valence-corrected chi connectivity index (χ4v) is 5.64. The minimum atomic E-state index is 0.0897. The Balaban J connectivity index is 1.42. The van der Waals surface area contributed by atoms with E-state index in [4.69, 9.17) is 0 Å². The van der Waals surface area contributed by atoms with Gasteiger partial charge in [-0.1, -0.05) is 0 Å². The largest absolute Gasteiger partial charge is 0.346 e. The van der Waals surface area contributed by atoms with Crippen molar-refractivity contribution < 1.29 is 4.79 Å². The molecule has 1 aliphatic heterocycles. The molecule has 22 heavy (non-hydrogen) atoms. The molecule has 2 aromatic rings. The number of aromatic nitrogens is 1. The first kappa shape index (κ1) is 13.0. The molecule has 6 rings (SSSR count). The molecule has 4 aliphatic rings. The topological polar surface area (TPSA) is 63.9 Å². The van der Waals surface area contributed by atoms with Crippen LogP contribution in [0.15, 0.2) is 24.5 Å². The predicted molar refractivity (Wildman–Crippen MR) is 87.1 cm³/mol. The van der Waals surface area contributed by atoms with Crippen LogP contribution in [0.1, 0.15) is 35.4 Å². The van der Waals surface area contributed by atoms with Gasteiger partial charge < -0.3 is 10.6 Å². The Labute approximate surface area is 133 Å². The van der Waals surface area contributed by atoms with E-state index in [1.807, 2.05) is 18.3 Å². The summed E-state index contributed by atoms with van der Waals surface area (Å²) in [4.78, 5) is 17.7. The molecule has 3 heterocycles. The van der Waals surface area contributed by atoms with Crippen LogP contribution in [-0.2, 0) is 0 Å². The number of carbonyl (C=O) groups excluding carboxylic acids is 1. The first-order valence-corrected chi connectivity index (χ1v) is 8.97. The van der Waals surface area contributed by atoms with E-state index in [0.717, 1.165) is 27.4 Å². The lowest BCUT2D eigenvalue weighted by molar-refractivity contribution is 0.0637. The summed E-state index contributed by atoms with van der Waals surface area (Å²) < 4.78 is 1.08. The highest BCUT2D eigenvalue weighted by Gasteiger charge is 2.61. The summed E-state index contributed by atoms with van der Waals surface area (Å²) in [5, 5.41) is 8.07. The molecule has 1 unspecified atom stereocenters. The molecule has 1 saturated heterocycles. The summed E-state index contributed by atoms with van der Waals surface area (Å²) in [5.41, 5.74) is 0.217. The first-order valence-electron chi connectivity index (χ1n) is 8.16. The number of rotatable bonds is 2. The van der Waals surface area contributed by atoms with Crippen molar-refractivity contribution in [1.29, 1.82) is 0 Å². The molecule has 2 bridgehead atoms. The molecular weight excluding hydrogens is 294 g/mol. The molecule has 2 atom stereocenters. The van der Waals surface area contributed by atoms with Crippen molar-refractivity contribution in [2.24, 2.45) is 11.8 Å². The number of carbonyl (C=O) groups is 1. The smallest absolute Gasteiger partial charge is 0.261 e. The second-order valence-corrected chi connectivity index (χ2v) is 8.06. The van der Waals surface area contributed by atoms with E-state index >= 15 is 0 Å². The maximum Gasteiger partial charge on any atom is 0.261 e. The predicted octanol–water partition coefficient (Wildman–Crippen LogP) is 2.56. The Morgan fingerprint density at radius 3 is 2.91 bits per heavy atom. The molecular formula is C17H19N3OS. The fourth-order valence-electron chi connectivity index (χ4n) is 4.71. The summed E-state index contributed by atoms with van der Waals surface area (Å²) in [6.07, 6.45) is 8.82. The highest BCUT2D eigenvalue weighted by Crippen LogP contribution is 2.51. The van der Waals surface area contributed by atoms with Crippen molar-refractivity contribution in [3.05, 3.63) is 29.4 Å². The van der Waals surface area contributed by atoms with E-state index in [1.165, 1.54) is 37.0 Å². The van der Waals surface area contributed by atoms with Crippen LogP contribution < -0.4 is 10.6 Å². The number of pyridine rings is 1. The molecule has 114 valence electrons. The molecule has 5 heteroatoms. The molecule has 1 spiro atoms. The van der Waals surface area contributed by atoms with Gasteiger partial charge in [0.15, 0.2) is 0 Å². The van der Waals surface area contributed by atoms with Gasteiger partial charge in [0, 0.05) is 18.9 Å². The number of fused-ring (bicyclic) bond motifs is 3.